The Morgan fingerprint density at radius 1 is 1.44 bits per heavy atom. The predicted molar refractivity (Wildman–Crippen MR) is 63.5 cm³/mol. The maximum atomic E-state index is 12.4. The average Bonchev–Trinajstić information content (AvgIpc) is 2.83. The fraction of sp³-hybridized carbons (Fsp3) is 0.917. The second kappa shape index (κ2) is 4.92. The van der Waals surface area contributed by atoms with Crippen LogP contribution < -0.4 is 0 Å². The van der Waals surface area contributed by atoms with Crippen molar-refractivity contribution in [3.05, 3.63) is 0 Å². The Kier molecular flexibility index (Phi) is 3.75. The van der Waals surface area contributed by atoms with Crippen LogP contribution in [0.3, 0.4) is 0 Å². The van der Waals surface area contributed by atoms with E-state index < -0.39 is 0 Å². The number of hydrogen-bond donors (Lipinski definition) is 0. The van der Waals surface area contributed by atoms with Crippen molar-refractivity contribution in [2.24, 2.45) is 11.8 Å². The monoisotopic (exact) mass is 245 g/mol. The van der Waals surface area contributed by atoms with Gasteiger partial charge in [-0.05, 0) is 25.7 Å². The van der Waals surface area contributed by atoms with Crippen LogP contribution in [0.25, 0.3) is 0 Å². The maximum Gasteiger partial charge on any atom is 0.228 e. The molecule has 2 rings (SSSR count). The second-order valence-electron chi connectivity index (χ2n) is 4.99. The van der Waals surface area contributed by atoms with Gasteiger partial charge in [-0.3, -0.25) is 4.79 Å². The van der Waals surface area contributed by atoms with Gasteiger partial charge in [0.1, 0.15) is 0 Å². The van der Waals surface area contributed by atoms with Crippen molar-refractivity contribution in [1.82, 2.24) is 4.90 Å². The first-order chi connectivity index (χ1) is 7.65. The fourth-order valence-corrected chi connectivity index (χ4v) is 3.26. The van der Waals surface area contributed by atoms with Gasteiger partial charge >= 0.3 is 0 Å². The molecule has 16 heavy (non-hydrogen) atoms. The molecule has 92 valence electrons. The highest BCUT2D eigenvalue weighted by atomic mass is 35.5. The summed E-state index contributed by atoms with van der Waals surface area (Å²) in [5, 5.41) is 0. The topological polar surface area (TPSA) is 29.5 Å². The third-order valence-electron chi connectivity index (χ3n) is 4.02. The molecule has 3 nitrogen and oxygen atoms in total. The zero-order chi connectivity index (χ0) is 11.7. The summed E-state index contributed by atoms with van der Waals surface area (Å²) in [5.41, 5.74) is 0. The summed E-state index contributed by atoms with van der Waals surface area (Å²) >= 11 is 5.96. The minimum atomic E-state index is 0.0519. The van der Waals surface area contributed by atoms with Crippen molar-refractivity contribution in [1.29, 1.82) is 0 Å². The standard InChI is InChI=1S/C12H20ClNO2/c1-8-3-5-14(11(8)7-13)12(15)10-4-6-16-9(10)2/h8-11H,3-7H2,1-2H3. The maximum absolute atomic E-state index is 12.4. The molecular weight excluding hydrogens is 226 g/mol. The number of halogens is 1. The Hall–Kier alpha value is -0.280. The van der Waals surface area contributed by atoms with Crippen LogP contribution in [0.2, 0.25) is 0 Å². The van der Waals surface area contributed by atoms with Crippen molar-refractivity contribution >= 4 is 17.5 Å². The highest BCUT2D eigenvalue weighted by molar-refractivity contribution is 6.18. The van der Waals surface area contributed by atoms with E-state index >= 15 is 0 Å². The summed E-state index contributed by atoms with van der Waals surface area (Å²) in [7, 11) is 0. The molecule has 2 fully saturated rings. The number of hydrogen-bond acceptors (Lipinski definition) is 2. The molecular formula is C12H20ClNO2. The van der Waals surface area contributed by atoms with E-state index in [1.807, 2.05) is 11.8 Å². The van der Waals surface area contributed by atoms with Gasteiger partial charge in [0, 0.05) is 25.1 Å². The van der Waals surface area contributed by atoms with Crippen molar-refractivity contribution in [3.63, 3.8) is 0 Å². The molecule has 2 heterocycles. The van der Waals surface area contributed by atoms with Crippen LogP contribution in [0.4, 0.5) is 0 Å². The number of amides is 1. The third kappa shape index (κ3) is 2.07. The predicted octanol–water partition coefficient (Wildman–Crippen LogP) is 1.89. The number of rotatable bonds is 2. The van der Waals surface area contributed by atoms with Crippen LogP contribution in [0, 0.1) is 11.8 Å². The molecule has 4 unspecified atom stereocenters. The van der Waals surface area contributed by atoms with E-state index in [0.717, 1.165) is 19.4 Å². The average molecular weight is 246 g/mol. The van der Waals surface area contributed by atoms with E-state index in [-0.39, 0.29) is 24.0 Å². The Morgan fingerprint density at radius 3 is 2.75 bits per heavy atom. The van der Waals surface area contributed by atoms with E-state index in [2.05, 4.69) is 6.92 Å². The number of alkyl halides is 1. The molecule has 0 saturated carbocycles. The molecule has 0 bridgehead atoms. The Labute approximate surface area is 102 Å². The molecule has 0 spiro atoms. The molecule has 0 N–H and O–H groups in total. The van der Waals surface area contributed by atoms with Gasteiger partial charge in [-0.15, -0.1) is 11.6 Å². The highest BCUT2D eigenvalue weighted by Crippen LogP contribution is 2.30. The van der Waals surface area contributed by atoms with E-state index in [1.54, 1.807) is 0 Å². The van der Waals surface area contributed by atoms with Crippen LogP contribution >= 0.6 is 11.6 Å². The van der Waals surface area contributed by atoms with Gasteiger partial charge in [-0.1, -0.05) is 6.92 Å². The zero-order valence-electron chi connectivity index (χ0n) is 9.99. The number of carbonyl (C=O) groups excluding carboxylic acids is 1. The summed E-state index contributed by atoms with van der Waals surface area (Å²) < 4.78 is 5.46. The van der Waals surface area contributed by atoms with Gasteiger partial charge < -0.3 is 9.64 Å². The molecule has 2 saturated heterocycles. The van der Waals surface area contributed by atoms with Crippen LogP contribution in [0.5, 0.6) is 0 Å². The quantitative estimate of drug-likeness (QED) is 0.696. The highest BCUT2D eigenvalue weighted by Gasteiger charge is 2.40. The summed E-state index contributed by atoms with van der Waals surface area (Å²) in [5.74, 6) is 1.38. The first-order valence-electron chi connectivity index (χ1n) is 6.13. The summed E-state index contributed by atoms with van der Waals surface area (Å²) in [6.45, 7) is 5.74. The van der Waals surface area contributed by atoms with Crippen LogP contribution in [0.15, 0.2) is 0 Å². The normalized spacial score (nSPS) is 39.3. The van der Waals surface area contributed by atoms with Crippen LogP contribution in [0.1, 0.15) is 26.7 Å². The lowest BCUT2D eigenvalue weighted by Crippen LogP contribution is -2.43. The Bertz CT molecular complexity index is 272. The lowest BCUT2D eigenvalue weighted by atomic mass is 9.99. The largest absolute Gasteiger partial charge is 0.378 e. The molecule has 4 atom stereocenters. The van der Waals surface area contributed by atoms with Gasteiger partial charge in [0.2, 0.25) is 5.91 Å². The van der Waals surface area contributed by atoms with Crippen LogP contribution in [-0.2, 0) is 9.53 Å². The smallest absolute Gasteiger partial charge is 0.228 e. The van der Waals surface area contributed by atoms with Gasteiger partial charge in [-0.2, -0.15) is 0 Å². The Balaban J connectivity index is 2.04. The molecule has 0 aromatic carbocycles. The first-order valence-corrected chi connectivity index (χ1v) is 6.66. The van der Waals surface area contributed by atoms with Gasteiger partial charge in [-0.25, -0.2) is 0 Å². The molecule has 2 aliphatic heterocycles. The Morgan fingerprint density at radius 2 is 2.19 bits per heavy atom. The summed E-state index contributed by atoms with van der Waals surface area (Å²) in [6, 6.07) is 0.224. The molecule has 1 amide bonds. The van der Waals surface area contributed by atoms with Gasteiger partial charge in [0.05, 0.1) is 12.0 Å². The van der Waals surface area contributed by atoms with Crippen molar-refractivity contribution < 1.29 is 9.53 Å². The van der Waals surface area contributed by atoms with Crippen molar-refractivity contribution in [3.8, 4) is 0 Å². The molecule has 0 aliphatic carbocycles. The first kappa shape index (κ1) is 12.2. The zero-order valence-corrected chi connectivity index (χ0v) is 10.7. The second-order valence-corrected chi connectivity index (χ2v) is 5.30. The van der Waals surface area contributed by atoms with E-state index in [0.29, 0.717) is 18.4 Å². The van der Waals surface area contributed by atoms with E-state index in [9.17, 15) is 4.79 Å². The van der Waals surface area contributed by atoms with Gasteiger partial charge in [0.25, 0.3) is 0 Å². The number of nitrogens with zero attached hydrogens (tertiary/aromatic N) is 1. The molecule has 0 radical (unpaired) electrons. The SMILES string of the molecule is CC1CCN(C(=O)C2CCOC2C)C1CCl. The van der Waals surface area contributed by atoms with Crippen LogP contribution in [-0.4, -0.2) is 42.0 Å². The lowest BCUT2D eigenvalue weighted by Gasteiger charge is -2.28. The minimum Gasteiger partial charge on any atom is -0.378 e. The van der Waals surface area contributed by atoms with Gasteiger partial charge in [0.15, 0.2) is 0 Å². The lowest BCUT2D eigenvalue weighted by molar-refractivity contribution is -0.137. The van der Waals surface area contributed by atoms with Crippen molar-refractivity contribution in [2.75, 3.05) is 19.0 Å². The number of ether oxygens (including phenoxy) is 1. The van der Waals surface area contributed by atoms with E-state index in [4.69, 9.17) is 16.3 Å². The molecule has 0 aromatic rings. The number of likely N-dealkylation sites (tertiary alicyclic amines) is 1. The van der Waals surface area contributed by atoms with Crippen molar-refractivity contribution in [2.45, 2.75) is 38.8 Å². The summed E-state index contributed by atoms with van der Waals surface area (Å²) in [6.07, 6.45) is 2.00. The minimum absolute atomic E-state index is 0.0519. The fourth-order valence-electron chi connectivity index (χ4n) is 2.79. The summed E-state index contributed by atoms with van der Waals surface area (Å²) in [4.78, 5) is 14.3. The molecule has 4 heteroatoms. The van der Waals surface area contributed by atoms with E-state index in [1.165, 1.54) is 0 Å². The molecule has 0 aromatic heterocycles. The molecule has 2 aliphatic rings. The number of carbonyl (C=O) groups is 1. The third-order valence-corrected chi connectivity index (χ3v) is 4.33.